The van der Waals surface area contributed by atoms with E-state index in [9.17, 15) is 4.55 Å². The third-order valence-electron chi connectivity index (χ3n) is 6.55. The molecule has 6 rings (SSSR count). The van der Waals surface area contributed by atoms with Crippen molar-refractivity contribution in [3.8, 4) is 11.1 Å². The molecule has 0 amide bonds. The molecule has 0 aliphatic carbocycles. The van der Waals surface area contributed by atoms with Gasteiger partial charge in [0.2, 0.25) is 0 Å². The van der Waals surface area contributed by atoms with Gasteiger partial charge in [0.15, 0.2) is 11.4 Å². The van der Waals surface area contributed by atoms with Crippen molar-refractivity contribution in [1.29, 1.82) is 0 Å². The van der Waals surface area contributed by atoms with Gasteiger partial charge >= 0.3 is 0 Å². The van der Waals surface area contributed by atoms with Crippen LogP contribution in [-0.4, -0.2) is 67.7 Å². The molecule has 4 aromatic heterocycles. The van der Waals surface area contributed by atoms with Crippen LogP contribution in [0.2, 0.25) is 0 Å². The van der Waals surface area contributed by atoms with Gasteiger partial charge in [-0.1, -0.05) is 16.2 Å². The summed E-state index contributed by atoms with van der Waals surface area (Å²) in [4.78, 5) is 15.3. The summed E-state index contributed by atoms with van der Waals surface area (Å²) in [5.74, 6) is 0. The molecule has 1 aliphatic rings. The van der Waals surface area contributed by atoms with E-state index in [1.807, 2.05) is 28.8 Å². The van der Waals surface area contributed by atoms with Gasteiger partial charge in [-0.2, -0.15) is 0 Å². The van der Waals surface area contributed by atoms with E-state index in [2.05, 4.69) is 49.2 Å². The fraction of sp³-hybridized carbons (Fsp3) is 0.185. The van der Waals surface area contributed by atoms with E-state index in [4.69, 9.17) is 10.5 Å². The maximum absolute atomic E-state index is 13.8. The third-order valence-corrected chi connectivity index (χ3v) is 7.82. The first-order valence-electron chi connectivity index (χ1n) is 12.2. The van der Waals surface area contributed by atoms with Crippen molar-refractivity contribution >= 4 is 45.5 Å². The molecule has 0 radical (unpaired) electrons. The number of nitrogens with zero attached hydrogens (tertiary/aromatic N) is 7. The molecule has 38 heavy (non-hydrogen) atoms. The summed E-state index contributed by atoms with van der Waals surface area (Å²) in [6, 6.07) is 14.3. The lowest BCUT2D eigenvalue weighted by atomic mass is 10.1. The van der Waals surface area contributed by atoms with Crippen LogP contribution in [0.1, 0.15) is 5.56 Å². The van der Waals surface area contributed by atoms with E-state index in [1.54, 1.807) is 31.9 Å². The first-order valence-corrected chi connectivity index (χ1v) is 13.3. The van der Waals surface area contributed by atoms with Crippen LogP contribution in [0.15, 0.2) is 83.5 Å². The maximum atomic E-state index is 13.8. The molecule has 0 spiro atoms. The van der Waals surface area contributed by atoms with Crippen LogP contribution in [0.25, 0.3) is 33.4 Å². The summed E-state index contributed by atoms with van der Waals surface area (Å²) in [5, 5.41) is 4.89. The molecular formula is C27H26N8O2S. The Kier molecular flexibility index (Phi) is 6.54. The zero-order valence-corrected chi connectivity index (χ0v) is 21.6. The van der Waals surface area contributed by atoms with Gasteiger partial charge in [0.05, 0.1) is 19.4 Å². The highest BCUT2D eigenvalue weighted by molar-refractivity contribution is 7.90. The highest BCUT2D eigenvalue weighted by Gasteiger charge is 2.24. The SMILES string of the molecule is CN=CC(=CN)c1cnc2cnn([S+]([O-])c3cnc4ccc(-c5ccc(N6CCOCC6)cc5)cn34)c2c1. The summed E-state index contributed by atoms with van der Waals surface area (Å²) in [7, 11) is 1.67. The van der Waals surface area contributed by atoms with Gasteiger partial charge in [0.1, 0.15) is 22.9 Å². The van der Waals surface area contributed by atoms with E-state index in [1.165, 1.54) is 16.0 Å². The average Bonchev–Trinajstić information content (AvgIpc) is 3.60. The van der Waals surface area contributed by atoms with Crippen LogP contribution in [0, 0.1) is 0 Å². The fourth-order valence-corrected chi connectivity index (χ4v) is 5.65. The highest BCUT2D eigenvalue weighted by atomic mass is 32.2. The predicted octanol–water partition coefficient (Wildman–Crippen LogP) is 3.15. The molecule has 1 saturated heterocycles. The number of ether oxygens (including phenoxy) is 1. The summed E-state index contributed by atoms with van der Waals surface area (Å²) in [6.07, 6.45) is 10.00. The van der Waals surface area contributed by atoms with Crippen LogP contribution in [0.3, 0.4) is 0 Å². The van der Waals surface area contributed by atoms with E-state index >= 15 is 0 Å². The molecular weight excluding hydrogens is 500 g/mol. The number of hydrogen-bond donors (Lipinski definition) is 1. The van der Waals surface area contributed by atoms with Gasteiger partial charge in [-0.05, 0) is 41.5 Å². The molecule has 2 N–H and O–H groups in total. The Morgan fingerprint density at radius 1 is 1.05 bits per heavy atom. The highest BCUT2D eigenvalue weighted by Crippen LogP contribution is 2.27. The Balaban J connectivity index is 1.34. The average molecular weight is 527 g/mol. The first kappa shape index (κ1) is 24.2. The van der Waals surface area contributed by atoms with Crippen LogP contribution in [-0.2, 0) is 16.1 Å². The molecule has 1 atom stereocenters. The largest absolute Gasteiger partial charge is 0.585 e. The van der Waals surface area contributed by atoms with Crippen molar-refractivity contribution in [2.24, 2.45) is 10.7 Å². The predicted molar refractivity (Wildman–Crippen MR) is 150 cm³/mol. The minimum absolute atomic E-state index is 0.506. The monoisotopic (exact) mass is 526 g/mol. The lowest BCUT2D eigenvalue weighted by molar-refractivity contribution is 0.122. The van der Waals surface area contributed by atoms with Gasteiger partial charge in [0, 0.05) is 61.8 Å². The smallest absolute Gasteiger partial charge is 0.278 e. The lowest BCUT2D eigenvalue weighted by Crippen LogP contribution is -2.36. The van der Waals surface area contributed by atoms with Gasteiger partial charge in [-0.25, -0.2) is 4.98 Å². The number of nitrogens with two attached hydrogens (primary N) is 1. The molecule has 10 nitrogen and oxygen atoms in total. The number of rotatable bonds is 6. The van der Waals surface area contributed by atoms with Crippen molar-refractivity contribution in [3.63, 3.8) is 0 Å². The molecule has 1 aromatic carbocycles. The van der Waals surface area contributed by atoms with E-state index in [0.29, 0.717) is 27.3 Å². The zero-order valence-electron chi connectivity index (χ0n) is 20.8. The van der Waals surface area contributed by atoms with Crippen molar-refractivity contribution in [2.45, 2.75) is 5.03 Å². The number of aliphatic imine (C=N–C) groups is 1. The number of hydrogen-bond acceptors (Lipinski definition) is 8. The Morgan fingerprint density at radius 2 is 1.84 bits per heavy atom. The maximum Gasteiger partial charge on any atom is 0.278 e. The zero-order chi connectivity index (χ0) is 26.1. The molecule has 5 aromatic rings. The molecule has 5 heterocycles. The molecule has 0 saturated carbocycles. The van der Waals surface area contributed by atoms with Crippen molar-refractivity contribution < 1.29 is 9.29 Å². The minimum Gasteiger partial charge on any atom is -0.585 e. The first-order chi connectivity index (χ1) is 18.7. The normalized spacial score (nSPS) is 15.6. The van der Waals surface area contributed by atoms with E-state index in [0.717, 1.165) is 43.0 Å². The Labute approximate surface area is 222 Å². The third kappa shape index (κ3) is 4.40. The van der Waals surface area contributed by atoms with Gasteiger partial charge in [-0.3, -0.25) is 14.4 Å². The summed E-state index contributed by atoms with van der Waals surface area (Å²) in [6.45, 7) is 3.29. The molecule has 1 aliphatic heterocycles. The van der Waals surface area contributed by atoms with Crippen LogP contribution in [0.5, 0.6) is 0 Å². The topological polar surface area (TPSA) is 122 Å². The number of allylic oxidation sites excluding steroid dienone is 1. The summed E-state index contributed by atoms with van der Waals surface area (Å²) < 4.78 is 22.5. The van der Waals surface area contributed by atoms with Crippen LogP contribution in [0.4, 0.5) is 5.69 Å². The standard InChI is InChI=1S/C27H26N8O2S/c1-29-14-22(13-28)21-12-25-24(30-15-21)16-32-35(25)38(36)27-17-31-26-7-4-20(18-34(26)27)19-2-5-23(6-3-19)33-8-10-37-11-9-33/h2-7,12-18H,8-11,28H2,1H3. The van der Waals surface area contributed by atoms with Crippen LogP contribution >= 0.6 is 0 Å². The van der Waals surface area contributed by atoms with Crippen molar-refractivity contribution in [2.75, 3.05) is 38.3 Å². The molecule has 1 unspecified atom stereocenters. The molecule has 11 heteroatoms. The fourth-order valence-electron chi connectivity index (χ4n) is 4.56. The number of imidazole rings is 1. The van der Waals surface area contributed by atoms with E-state index < -0.39 is 11.4 Å². The lowest BCUT2D eigenvalue weighted by Gasteiger charge is -2.28. The Morgan fingerprint density at radius 3 is 2.61 bits per heavy atom. The number of fused-ring (bicyclic) bond motifs is 2. The number of benzene rings is 1. The van der Waals surface area contributed by atoms with E-state index in [-0.39, 0.29) is 0 Å². The second-order valence-electron chi connectivity index (χ2n) is 8.79. The van der Waals surface area contributed by atoms with Gasteiger partial charge in [0.25, 0.3) is 5.03 Å². The van der Waals surface area contributed by atoms with Crippen LogP contribution < -0.4 is 10.6 Å². The van der Waals surface area contributed by atoms with Gasteiger partial charge in [-0.15, -0.1) is 5.10 Å². The quantitative estimate of drug-likeness (QED) is 0.266. The summed E-state index contributed by atoms with van der Waals surface area (Å²) >= 11 is -1.67. The number of aromatic nitrogens is 5. The number of morpholine rings is 1. The number of pyridine rings is 2. The molecule has 1 fully saturated rings. The Hall–Kier alpha value is -4.19. The second-order valence-corrected chi connectivity index (χ2v) is 10.1. The molecule has 0 bridgehead atoms. The second kappa shape index (κ2) is 10.3. The number of anilines is 1. The van der Waals surface area contributed by atoms with Crippen molar-refractivity contribution in [1.82, 2.24) is 23.6 Å². The van der Waals surface area contributed by atoms with Gasteiger partial charge < -0.3 is 19.9 Å². The Bertz CT molecular complexity index is 1650. The summed E-state index contributed by atoms with van der Waals surface area (Å²) in [5.41, 5.74) is 12.4. The molecule has 192 valence electrons. The van der Waals surface area contributed by atoms with Crippen molar-refractivity contribution in [3.05, 3.63) is 79.0 Å². The minimum atomic E-state index is -1.67.